The molecule has 0 aromatic carbocycles. The molecule has 6 heteroatoms. The number of nitrogen functional groups attached to an aromatic ring is 1. The molecule has 2 N–H and O–H groups in total. The first-order valence-corrected chi connectivity index (χ1v) is 6.59. The van der Waals surface area contributed by atoms with Gasteiger partial charge in [0.15, 0.2) is 0 Å². The first-order chi connectivity index (χ1) is 9.40. The molecule has 0 saturated carbocycles. The highest BCUT2D eigenvalue weighted by Crippen LogP contribution is 2.18. The van der Waals surface area contributed by atoms with Crippen molar-refractivity contribution in [1.82, 2.24) is 19.0 Å². The topological polar surface area (TPSA) is 69.1 Å². The van der Waals surface area contributed by atoms with Crippen LogP contribution in [0.5, 0.6) is 0 Å². The first kappa shape index (κ1) is 14.2. The molecule has 2 heterocycles. The zero-order valence-corrected chi connectivity index (χ0v) is 12.4. The van der Waals surface area contributed by atoms with Gasteiger partial charge < -0.3 is 19.8 Å². The number of imidazole rings is 1. The molecule has 2 aromatic rings. The van der Waals surface area contributed by atoms with Crippen LogP contribution in [-0.4, -0.2) is 32.0 Å². The fourth-order valence-corrected chi connectivity index (χ4v) is 2.13. The molecule has 0 fully saturated rings. The number of carbonyl (C=O) groups is 1. The SMILES string of the molecule is CC(C)n1cc(N)cc1C(=O)N(C)Cc1nccn1C. The quantitative estimate of drug-likeness (QED) is 0.922. The van der Waals surface area contributed by atoms with E-state index in [1.165, 1.54) is 0 Å². The van der Waals surface area contributed by atoms with E-state index in [2.05, 4.69) is 4.98 Å². The van der Waals surface area contributed by atoms with Crippen molar-refractivity contribution in [3.63, 3.8) is 0 Å². The van der Waals surface area contributed by atoms with E-state index in [0.29, 0.717) is 17.9 Å². The molecule has 6 nitrogen and oxygen atoms in total. The van der Waals surface area contributed by atoms with Gasteiger partial charge in [0.05, 0.1) is 12.2 Å². The third-order valence-corrected chi connectivity index (χ3v) is 3.29. The lowest BCUT2D eigenvalue weighted by molar-refractivity contribution is 0.0768. The van der Waals surface area contributed by atoms with Crippen molar-refractivity contribution in [2.24, 2.45) is 7.05 Å². The Bertz CT molecular complexity index is 611. The largest absolute Gasteiger partial charge is 0.397 e. The molecule has 1 amide bonds. The Morgan fingerprint density at radius 1 is 1.50 bits per heavy atom. The van der Waals surface area contributed by atoms with Gasteiger partial charge in [0.25, 0.3) is 5.91 Å². The fourth-order valence-electron chi connectivity index (χ4n) is 2.13. The molecule has 0 spiro atoms. The molecule has 2 rings (SSSR count). The van der Waals surface area contributed by atoms with Crippen LogP contribution >= 0.6 is 0 Å². The highest BCUT2D eigenvalue weighted by atomic mass is 16.2. The van der Waals surface area contributed by atoms with Crippen molar-refractivity contribution in [1.29, 1.82) is 0 Å². The summed E-state index contributed by atoms with van der Waals surface area (Å²) in [5.74, 6) is 0.787. The minimum atomic E-state index is -0.0570. The molecule has 0 atom stereocenters. The smallest absolute Gasteiger partial charge is 0.270 e. The number of amides is 1. The van der Waals surface area contributed by atoms with E-state index in [0.717, 1.165) is 5.82 Å². The Balaban J connectivity index is 2.21. The Labute approximate surface area is 118 Å². The van der Waals surface area contributed by atoms with Gasteiger partial charge in [-0.3, -0.25) is 4.79 Å². The van der Waals surface area contributed by atoms with Gasteiger partial charge in [-0.1, -0.05) is 0 Å². The van der Waals surface area contributed by atoms with Crippen LogP contribution in [-0.2, 0) is 13.6 Å². The average Bonchev–Trinajstić information content (AvgIpc) is 2.95. The molecule has 0 aliphatic rings. The lowest BCUT2D eigenvalue weighted by Crippen LogP contribution is -2.29. The molecule has 20 heavy (non-hydrogen) atoms. The average molecular weight is 275 g/mol. The Morgan fingerprint density at radius 2 is 2.20 bits per heavy atom. The van der Waals surface area contributed by atoms with Gasteiger partial charge in [0.1, 0.15) is 11.5 Å². The van der Waals surface area contributed by atoms with E-state index in [1.54, 1.807) is 30.4 Å². The van der Waals surface area contributed by atoms with Crippen LogP contribution < -0.4 is 5.73 Å². The summed E-state index contributed by atoms with van der Waals surface area (Å²) in [4.78, 5) is 18.4. The van der Waals surface area contributed by atoms with Crippen molar-refractivity contribution in [2.75, 3.05) is 12.8 Å². The molecule has 0 bridgehead atoms. The Kier molecular flexibility index (Phi) is 3.83. The number of nitrogens with two attached hydrogens (primary N) is 1. The number of rotatable bonds is 4. The van der Waals surface area contributed by atoms with Crippen molar-refractivity contribution in [2.45, 2.75) is 26.4 Å². The maximum absolute atomic E-state index is 12.5. The summed E-state index contributed by atoms with van der Waals surface area (Å²) in [7, 11) is 3.68. The summed E-state index contributed by atoms with van der Waals surface area (Å²) in [6, 6.07) is 1.91. The van der Waals surface area contributed by atoms with E-state index in [-0.39, 0.29) is 11.9 Å². The summed E-state index contributed by atoms with van der Waals surface area (Å²) < 4.78 is 3.80. The second kappa shape index (κ2) is 5.40. The third kappa shape index (κ3) is 2.68. The van der Waals surface area contributed by atoms with Crippen LogP contribution in [0.15, 0.2) is 24.7 Å². The number of carbonyl (C=O) groups excluding carboxylic acids is 1. The first-order valence-electron chi connectivity index (χ1n) is 6.59. The van der Waals surface area contributed by atoms with Crippen LogP contribution in [0.4, 0.5) is 5.69 Å². The minimum absolute atomic E-state index is 0.0570. The van der Waals surface area contributed by atoms with Crippen LogP contribution in [0, 0.1) is 0 Å². The summed E-state index contributed by atoms with van der Waals surface area (Å²) in [5, 5.41) is 0. The highest BCUT2D eigenvalue weighted by molar-refractivity contribution is 5.93. The summed E-state index contributed by atoms with van der Waals surface area (Å²) in [6.45, 7) is 4.51. The monoisotopic (exact) mass is 275 g/mol. The number of hydrogen-bond donors (Lipinski definition) is 1. The van der Waals surface area contributed by atoms with Gasteiger partial charge in [-0.05, 0) is 19.9 Å². The number of anilines is 1. The minimum Gasteiger partial charge on any atom is -0.397 e. The molecular weight excluding hydrogens is 254 g/mol. The molecular formula is C14H21N5O. The van der Waals surface area contributed by atoms with E-state index in [4.69, 9.17) is 5.73 Å². The summed E-state index contributed by atoms with van der Waals surface area (Å²) in [5.41, 5.74) is 7.02. The number of nitrogens with zero attached hydrogens (tertiary/aromatic N) is 4. The van der Waals surface area contributed by atoms with Crippen molar-refractivity contribution in [3.8, 4) is 0 Å². The predicted molar refractivity (Wildman–Crippen MR) is 78.2 cm³/mol. The van der Waals surface area contributed by atoms with Crippen LogP contribution in [0.1, 0.15) is 36.2 Å². The highest BCUT2D eigenvalue weighted by Gasteiger charge is 2.19. The zero-order chi connectivity index (χ0) is 14.9. The normalized spacial score (nSPS) is 11.1. The molecule has 0 saturated heterocycles. The molecule has 2 aromatic heterocycles. The van der Waals surface area contributed by atoms with E-state index in [1.807, 2.05) is 36.2 Å². The second-order valence-corrected chi connectivity index (χ2v) is 5.28. The summed E-state index contributed by atoms with van der Waals surface area (Å²) in [6.07, 6.45) is 5.39. The lowest BCUT2D eigenvalue weighted by Gasteiger charge is -2.19. The maximum atomic E-state index is 12.5. The van der Waals surface area contributed by atoms with Gasteiger partial charge in [-0.2, -0.15) is 0 Å². The molecule has 0 radical (unpaired) electrons. The van der Waals surface area contributed by atoms with Gasteiger partial charge in [-0.25, -0.2) is 4.98 Å². The Morgan fingerprint density at radius 3 is 2.75 bits per heavy atom. The molecule has 108 valence electrons. The molecule has 0 aliphatic carbocycles. The number of hydrogen-bond acceptors (Lipinski definition) is 3. The lowest BCUT2D eigenvalue weighted by atomic mass is 10.3. The molecule has 0 unspecified atom stereocenters. The Hall–Kier alpha value is -2.24. The standard InChI is InChI=1S/C14H21N5O/c1-10(2)19-8-11(15)7-12(19)14(20)18(4)9-13-16-5-6-17(13)3/h5-8,10H,9,15H2,1-4H3. The third-order valence-electron chi connectivity index (χ3n) is 3.29. The van der Waals surface area contributed by atoms with Gasteiger partial charge >= 0.3 is 0 Å². The van der Waals surface area contributed by atoms with Crippen LogP contribution in [0.2, 0.25) is 0 Å². The van der Waals surface area contributed by atoms with Gasteiger partial charge in [-0.15, -0.1) is 0 Å². The van der Waals surface area contributed by atoms with Crippen molar-refractivity contribution < 1.29 is 4.79 Å². The maximum Gasteiger partial charge on any atom is 0.270 e. The van der Waals surface area contributed by atoms with Gasteiger partial charge in [0, 0.05) is 38.7 Å². The van der Waals surface area contributed by atoms with Crippen molar-refractivity contribution >= 4 is 11.6 Å². The summed E-state index contributed by atoms with van der Waals surface area (Å²) >= 11 is 0. The second-order valence-electron chi connectivity index (χ2n) is 5.28. The van der Waals surface area contributed by atoms with E-state index >= 15 is 0 Å². The number of aromatic nitrogens is 3. The van der Waals surface area contributed by atoms with Crippen LogP contribution in [0.3, 0.4) is 0 Å². The molecule has 0 aliphatic heterocycles. The van der Waals surface area contributed by atoms with E-state index in [9.17, 15) is 4.79 Å². The fraction of sp³-hybridized carbons (Fsp3) is 0.429. The van der Waals surface area contributed by atoms with Crippen molar-refractivity contribution in [3.05, 3.63) is 36.2 Å². The zero-order valence-electron chi connectivity index (χ0n) is 12.4. The number of aryl methyl sites for hydroxylation is 1. The van der Waals surface area contributed by atoms with Crippen LogP contribution in [0.25, 0.3) is 0 Å². The van der Waals surface area contributed by atoms with E-state index < -0.39 is 0 Å². The van der Waals surface area contributed by atoms with Gasteiger partial charge in [0.2, 0.25) is 0 Å². The predicted octanol–water partition coefficient (Wildman–Crippen LogP) is 1.66.